The first-order chi connectivity index (χ1) is 9.49. The van der Waals surface area contributed by atoms with Gasteiger partial charge in [-0.3, -0.25) is 0 Å². The van der Waals surface area contributed by atoms with E-state index in [-0.39, 0.29) is 10.9 Å². The predicted octanol–water partition coefficient (Wildman–Crippen LogP) is 2.76. The summed E-state index contributed by atoms with van der Waals surface area (Å²) in [6.45, 7) is 6.81. The molecule has 1 heterocycles. The summed E-state index contributed by atoms with van der Waals surface area (Å²) in [5.41, 5.74) is 0. The van der Waals surface area contributed by atoms with Crippen LogP contribution in [0.1, 0.15) is 46.5 Å². The van der Waals surface area contributed by atoms with Crippen LogP contribution in [-0.2, 0) is 10.0 Å². The average Bonchev–Trinajstić information content (AvgIpc) is 2.42. The monoisotopic (exact) mass is 299 g/mol. The number of pyridine rings is 1. The second kappa shape index (κ2) is 8.21. The molecule has 0 amide bonds. The molecule has 114 valence electrons. The van der Waals surface area contributed by atoms with Crippen LogP contribution in [0.25, 0.3) is 0 Å². The standard InChI is InChI=1S/C14H25N3O2S/c1-4-6-7-12(3)17-20(18,19)13-8-10-16-14(11-13)15-9-5-2/h8,10-12,17H,4-7,9H2,1-3H3,(H,15,16). The average molecular weight is 299 g/mol. The number of rotatable bonds is 9. The Kier molecular flexibility index (Phi) is 6.95. The summed E-state index contributed by atoms with van der Waals surface area (Å²) in [7, 11) is -3.47. The van der Waals surface area contributed by atoms with Crippen LogP contribution in [-0.4, -0.2) is 26.0 Å². The van der Waals surface area contributed by atoms with E-state index in [4.69, 9.17) is 0 Å². The fourth-order valence-corrected chi connectivity index (χ4v) is 3.12. The largest absolute Gasteiger partial charge is 0.370 e. The zero-order chi connectivity index (χ0) is 15.0. The van der Waals surface area contributed by atoms with Crippen LogP contribution >= 0.6 is 0 Å². The molecule has 0 aliphatic heterocycles. The highest BCUT2D eigenvalue weighted by atomic mass is 32.2. The van der Waals surface area contributed by atoms with E-state index in [1.165, 1.54) is 12.3 Å². The summed E-state index contributed by atoms with van der Waals surface area (Å²) >= 11 is 0. The topological polar surface area (TPSA) is 71.1 Å². The van der Waals surface area contributed by atoms with Crippen molar-refractivity contribution in [3.8, 4) is 0 Å². The maximum absolute atomic E-state index is 12.3. The van der Waals surface area contributed by atoms with Crippen LogP contribution in [0.4, 0.5) is 5.82 Å². The number of sulfonamides is 1. The second-order valence-corrected chi connectivity index (χ2v) is 6.68. The summed E-state index contributed by atoms with van der Waals surface area (Å²) < 4.78 is 27.2. The van der Waals surface area contributed by atoms with Crippen molar-refractivity contribution in [3.05, 3.63) is 18.3 Å². The van der Waals surface area contributed by atoms with Crippen LogP contribution in [0, 0.1) is 0 Å². The Bertz CT molecular complexity index is 503. The lowest BCUT2D eigenvalue weighted by Crippen LogP contribution is -2.32. The number of unbranched alkanes of at least 4 members (excludes halogenated alkanes) is 1. The van der Waals surface area contributed by atoms with Gasteiger partial charge >= 0.3 is 0 Å². The minimum atomic E-state index is -3.47. The number of nitrogens with zero attached hydrogens (tertiary/aromatic N) is 1. The zero-order valence-electron chi connectivity index (χ0n) is 12.5. The van der Waals surface area contributed by atoms with Gasteiger partial charge in [-0.2, -0.15) is 0 Å². The molecule has 1 rings (SSSR count). The molecule has 0 bridgehead atoms. The number of hydrogen-bond acceptors (Lipinski definition) is 4. The summed E-state index contributed by atoms with van der Waals surface area (Å²) in [5.74, 6) is 0.593. The molecule has 0 aliphatic rings. The van der Waals surface area contributed by atoms with E-state index in [0.29, 0.717) is 5.82 Å². The molecule has 0 radical (unpaired) electrons. The Morgan fingerprint density at radius 2 is 2.05 bits per heavy atom. The van der Waals surface area contributed by atoms with E-state index in [9.17, 15) is 8.42 Å². The van der Waals surface area contributed by atoms with Crippen molar-refractivity contribution in [1.82, 2.24) is 9.71 Å². The van der Waals surface area contributed by atoms with E-state index < -0.39 is 10.0 Å². The minimum Gasteiger partial charge on any atom is -0.370 e. The lowest BCUT2D eigenvalue weighted by Gasteiger charge is -2.14. The second-order valence-electron chi connectivity index (χ2n) is 4.97. The zero-order valence-corrected chi connectivity index (χ0v) is 13.3. The Morgan fingerprint density at radius 1 is 1.30 bits per heavy atom. The van der Waals surface area contributed by atoms with Gasteiger partial charge in [0, 0.05) is 24.8 Å². The lowest BCUT2D eigenvalue weighted by atomic mass is 10.2. The molecule has 2 N–H and O–H groups in total. The highest BCUT2D eigenvalue weighted by Crippen LogP contribution is 2.14. The summed E-state index contributed by atoms with van der Waals surface area (Å²) in [5, 5.41) is 3.09. The Morgan fingerprint density at radius 3 is 2.70 bits per heavy atom. The first-order valence-corrected chi connectivity index (χ1v) is 8.70. The Hall–Kier alpha value is -1.14. The molecular weight excluding hydrogens is 274 g/mol. The summed E-state index contributed by atoms with van der Waals surface area (Å²) in [6, 6.07) is 3.04. The highest BCUT2D eigenvalue weighted by molar-refractivity contribution is 7.89. The number of nitrogens with one attached hydrogen (secondary N) is 2. The van der Waals surface area contributed by atoms with Gasteiger partial charge in [0.2, 0.25) is 10.0 Å². The molecule has 1 atom stereocenters. The van der Waals surface area contributed by atoms with Crippen molar-refractivity contribution in [2.45, 2.75) is 57.4 Å². The van der Waals surface area contributed by atoms with Crippen LogP contribution in [0.3, 0.4) is 0 Å². The normalized spacial score (nSPS) is 13.2. The van der Waals surface area contributed by atoms with Gasteiger partial charge in [0.25, 0.3) is 0 Å². The van der Waals surface area contributed by atoms with Crippen LogP contribution in [0.15, 0.2) is 23.2 Å². The molecule has 0 saturated heterocycles. The lowest BCUT2D eigenvalue weighted by molar-refractivity contribution is 0.534. The van der Waals surface area contributed by atoms with Gasteiger partial charge in [-0.1, -0.05) is 26.7 Å². The number of aromatic nitrogens is 1. The van der Waals surface area contributed by atoms with E-state index >= 15 is 0 Å². The van der Waals surface area contributed by atoms with Crippen molar-refractivity contribution in [2.24, 2.45) is 0 Å². The van der Waals surface area contributed by atoms with Gasteiger partial charge in [-0.15, -0.1) is 0 Å². The van der Waals surface area contributed by atoms with Crippen molar-refractivity contribution in [1.29, 1.82) is 0 Å². The third-order valence-corrected chi connectivity index (χ3v) is 4.53. The molecule has 0 aromatic carbocycles. The van der Waals surface area contributed by atoms with Gasteiger partial charge < -0.3 is 5.32 Å². The van der Waals surface area contributed by atoms with Gasteiger partial charge in [-0.25, -0.2) is 18.1 Å². The van der Waals surface area contributed by atoms with Crippen molar-refractivity contribution in [3.63, 3.8) is 0 Å². The number of hydrogen-bond donors (Lipinski definition) is 2. The first-order valence-electron chi connectivity index (χ1n) is 7.21. The van der Waals surface area contributed by atoms with Crippen LogP contribution in [0.2, 0.25) is 0 Å². The minimum absolute atomic E-state index is 0.0554. The summed E-state index contributed by atoms with van der Waals surface area (Å²) in [4.78, 5) is 4.37. The molecular formula is C14H25N3O2S. The Labute approximate surface area is 122 Å². The van der Waals surface area contributed by atoms with E-state index in [1.54, 1.807) is 6.07 Å². The van der Waals surface area contributed by atoms with Crippen molar-refractivity contribution >= 4 is 15.8 Å². The van der Waals surface area contributed by atoms with E-state index in [2.05, 4.69) is 21.9 Å². The van der Waals surface area contributed by atoms with Gasteiger partial charge in [0.15, 0.2) is 0 Å². The molecule has 0 aliphatic carbocycles. The summed E-state index contributed by atoms with van der Waals surface area (Å²) in [6.07, 6.45) is 5.41. The molecule has 0 spiro atoms. The fraction of sp³-hybridized carbons (Fsp3) is 0.643. The third kappa shape index (κ3) is 5.46. The maximum atomic E-state index is 12.3. The van der Waals surface area contributed by atoms with Gasteiger partial charge in [0.1, 0.15) is 5.82 Å². The van der Waals surface area contributed by atoms with Gasteiger partial charge in [-0.05, 0) is 25.8 Å². The SMILES string of the molecule is CCCCC(C)NS(=O)(=O)c1ccnc(NCCC)c1. The molecule has 1 aromatic rings. The van der Waals surface area contributed by atoms with Crippen LogP contribution < -0.4 is 10.0 Å². The van der Waals surface area contributed by atoms with Crippen molar-refractivity contribution < 1.29 is 8.42 Å². The first kappa shape index (κ1) is 16.9. The molecule has 1 unspecified atom stereocenters. The quantitative estimate of drug-likeness (QED) is 0.735. The predicted molar refractivity (Wildman–Crippen MR) is 82.3 cm³/mol. The number of anilines is 1. The highest BCUT2D eigenvalue weighted by Gasteiger charge is 2.17. The molecule has 6 heteroatoms. The smallest absolute Gasteiger partial charge is 0.240 e. The van der Waals surface area contributed by atoms with E-state index in [1.807, 2.05) is 13.8 Å². The van der Waals surface area contributed by atoms with Gasteiger partial charge in [0.05, 0.1) is 4.90 Å². The maximum Gasteiger partial charge on any atom is 0.240 e. The molecule has 1 aromatic heterocycles. The third-order valence-electron chi connectivity index (χ3n) is 2.94. The molecule has 20 heavy (non-hydrogen) atoms. The molecule has 5 nitrogen and oxygen atoms in total. The van der Waals surface area contributed by atoms with Crippen molar-refractivity contribution in [2.75, 3.05) is 11.9 Å². The Balaban J connectivity index is 2.76. The van der Waals surface area contributed by atoms with E-state index in [0.717, 1.165) is 32.2 Å². The fourth-order valence-electron chi connectivity index (χ4n) is 1.83. The van der Waals surface area contributed by atoms with Crippen LogP contribution in [0.5, 0.6) is 0 Å². The molecule has 0 saturated carbocycles. The molecule has 0 fully saturated rings.